The average Bonchev–Trinajstić information content (AvgIpc) is 3.53. The molecule has 9 aromatic carbocycles. The largest absolute Gasteiger partial charge is 0.456 e. The second-order valence-electron chi connectivity index (χ2n) is 12.1. The molecule has 0 atom stereocenters. The van der Waals surface area contributed by atoms with E-state index in [1.807, 2.05) is 36.4 Å². The smallest absolute Gasteiger partial charge is 0.136 e. The third-order valence-electron chi connectivity index (χ3n) is 9.48. The number of hydrogen-bond acceptors (Lipinski definition) is 1. The van der Waals surface area contributed by atoms with Crippen LogP contribution in [0, 0.1) is 0 Å². The van der Waals surface area contributed by atoms with Gasteiger partial charge in [-0.25, -0.2) is 0 Å². The topological polar surface area (TPSA) is 13.1 Å². The van der Waals surface area contributed by atoms with Crippen molar-refractivity contribution in [3.63, 3.8) is 0 Å². The summed E-state index contributed by atoms with van der Waals surface area (Å²) in [5, 5.41) is 10.5. The molecule has 0 bridgehead atoms. The highest BCUT2D eigenvalue weighted by atomic mass is 16.3. The summed E-state index contributed by atoms with van der Waals surface area (Å²) in [5.74, 6) is 0. The van der Waals surface area contributed by atoms with Crippen LogP contribution in [0.2, 0.25) is 0 Å². The molecule has 10 rings (SSSR count). The van der Waals surface area contributed by atoms with Crippen molar-refractivity contribution in [3.8, 4) is 33.4 Å². The standard InChI is InChI=1S/C46H28O/c1-2-12-29(13-3-1)41-26-34(24-32-16-6-7-17-35(32)41)46-39-20-10-8-18-37(39)45(38-19-9-11-21-40(38)46)33-22-23-36-42-25-30-14-4-5-15-31(30)27-44(42)47-43(36)28-33/h1-28H/i1D,2D,3D,12D,13D. The maximum Gasteiger partial charge on any atom is 0.136 e. The van der Waals surface area contributed by atoms with Crippen LogP contribution >= 0.6 is 0 Å². The van der Waals surface area contributed by atoms with Crippen molar-refractivity contribution in [2.24, 2.45) is 0 Å². The lowest BCUT2D eigenvalue weighted by Gasteiger charge is -2.19. The zero-order valence-electron chi connectivity index (χ0n) is 30.2. The zero-order valence-corrected chi connectivity index (χ0v) is 25.2. The first-order valence-corrected chi connectivity index (χ1v) is 15.8. The van der Waals surface area contributed by atoms with Crippen molar-refractivity contribution in [2.75, 3.05) is 0 Å². The minimum absolute atomic E-state index is 0.196. The van der Waals surface area contributed by atoms with Crippen LogP contribution in [0.5, 0.6) is 0 Å². The Hall–Kier alpha value is -6.18. The van der Waals surface area contributed by atoms with E-state index < -0.39 is 6.04 Å². The van der Waals surface area contributed by atoms with Gasteiger partial charge in [0.25, 0.3) is 0 Å². The van der Waals surface area contributed by atoms with Crippen LogP contribution < -0.4 is 0 Å². The second kappa shape index (κ2) is 10.2. The van der Waals surface area contributed by atoms with Gasteiger partial charge in [-0.3, -0.25) is 0 Å². The van der Waals surface area contributed by atoms with Crippen LogP contribution in [-0.4, -0.2) is 0 Å². The minimum Gasteiger partial charge on any atom is -0.456 e. The van der Waals surface area contributed by atoms with Gasteiger partial charge < -0.3 is 4.42 Å². The van der Waals surface area contributed by atoms with Gasteiger partial charge in [0.05, 0.1) is 6.85 Å². The quantitative estimate of drug-likeness (QED) is 0.184. The normalized spacial score (nSPS) is 13.3. The summed E-state index contributed by atoms with van der Waals surface area (Å²) in [6, 6.07) is 46.5. The summed E-state index contributed by atoms with van der Waals surface area (Å²) < 4.78 is 49.3. The van der Waals surface area contributed by atoms with Crippen LogP contribution in [-0.2, 0) is 0 Å². The number of fused-ring (bicyclic) bond motifs is 7. The lowest BCUT2D eigenvalue weighted by Crippen LogP contribution is -1.92. The Morgan fingerprint density at radius 1 is 0.362 bits per heavy atom. The highest BCUT2D eigenvalue weighted by molar-refractivity contribution is 6.23. The van der Waals surface area contributed by atoms with Crippen LogP contribution in [0.15, 0.2) is 174 Å². The highest BCUT2D eigenvalue weighted by Gasteiger charge is 2.19. The second-order valence-corrected chi connectivity index (χ2v) is 12.1. The highest BCUT2D eigenvalue weighted by Crippen LogP contribution is 2.46. The van der Waals surface area contributed by atoms with Gasteiger partial charge in [-0.2, -0.15) is 0 Å². The maximum absolute atomic E-state index is 8.86. The van der Waals surface area contributed by atoms with E-state index in [0.29, 0.717) is 5.56 Å². The van der Waals surface area contributed by atoms with Gasteiger partial charge in [0.2, 0.25) is 0 Å². The lowest BCUT2D eigenvalue weighted by molar-refractivity contribution is 0.669. The Bertz CT molecular complexity index is 3050. The Morgan fingerprint density at radius 3 is 1.60 bits per heavy atom. The Kier molecular flexibility index (Phi) is 4.66. The monoisotopic (exact) mass is 601 g/mol. The van der Waals surface area contributed by atoms with Crippen molar-refractivity contribution >= 4 is 65.0 Å². The molecule has 1 heteroatoms. The molecule has 0 radical (unpaired) electrons. The van der Waals surface area contributed by atoms with Crippen LogP contribution in [0.3, 0.4) is 0 Å². The van der Waals surface area contributed by atoms with E-state index in [2.05, 4.69) is 103 Å². The fourth-order valence-corrected chi connectivity index (χ4v) is 7.41. The van der Waals surface area contributed by atoms with Crippen molar-refractivity contribution in [2.45, 2.75) is 0 Å². The first-order valence-electron chi connectivity index (χ1n) is 18.3. The molecule has 0 aliphatic rings. The maximum atomic E-state index is 8.86. The molecule has 0 N–H and O–H groups in total. The fraction of sp³-hybridized carbons (Fsp3) is 0. The molecule has 47 heavy (non-hydrogen) atoms. The molecular weight excluding hydrogens is 569 g/mol. The number of benzene rings is 9. The van der Waals surface area contributed by atoms with Gasteiger partial charge in [0, 0.05) is 10.8 Å². The molecule has 1 nitrogen and oxygen atoms in total. The van der Waals surface area contributed by atoms with Crippen LogP contribution in [0.1, 0.15) is 6.85 Å². The van der Waals surface area contributed by atoms with Crippen molar-refractivity contribution < 1.29 is 11.3 Å². The summed E-state index contributed by atoms with van der Waals surface area (Å²) in [6.07, 6.45) is 0. The third kappa shape index (κ3) is 4.03. The number of hydrogen-bond donors (Lipinski definition) is 0. The van der Waals surface area contributed by atoms with Gasteiger partial charge >= 0.3 is 0 Å². The predicted molar refractivity (Wildman–Crippen MR) is 200 cm³/mol. The molecule has 0 saturated carbocycles. The summed E-state index contributed by atoms with van der Waals surface area (Å²) in [6.45, 7) is 0. The fourth-order valence-electron chi connectivity index (χ4n) is 7.41. The molecule has 0 aliphatic heterocycles. The van der Waals surface area contributed by atoms with Crippen molar-refractivity contribution in [3.05, 3.63) is 170 Å². The van der Waals surface area contributed by atoms with E-state index in [-0.39, 0.29) is 29.7 Å². The SMILES string of the molecule is [2H]c1c([2H])c([2H])c(-c2cc(-c3c4ccccc4c(-c4ccc5c(c4)oc4cc6ccccc6cc45)c4ccccc34)cc3ccccc23)c([2H])c1[2H]. The van der Waals surface area contributed by atoms with Crippen molar-refractivity contribution in [1.82, 2.24) is 0 Å². The molecule has 1 aromatic heterocycles. The lowest BCUT2D eigenvalue weighted by atomic mass is 9.84. The zero-order chi connectivity index (χ0) is 35.2. The van der Waals surface area contributed by atoms with E-state index in [1.54, 1.807) is 0 Å². The Balaban J connectivity index is 1.26. The average molecular weight is 602 g/mol. The van der Waals surface area contributed by atoms with E-state index >= 15 is 0 Å². The molecule has 0 saturated heterocycles. The summed E-state index contributed by atoms with van der Waals surface area (Å²) in [7, 11) is 0. The summed E-state index contributed by atoms with van der Waals surface area (Å²) in [4.78, 5) is 0. The Morgan fingerprint density at radius 2 is 0.915 bits per heavy atom. The van der Waals surface area contributed by atoms with Gasteiger partial charge in [0.1, 0.15) is 11.2 Å². The molecule has 0 aliphatic carbocycles. The van der Waals surface area contributed by atoms with E-state index in [0.717, 1.165) is 81.9 Å². The molecule has 218 valence electrons. The third-order valence-corrected chi connectivity index (χ3v) is 9.48. The molecule has 0 fully saturated rings. The first-order chi connectivity index (χ1) is 25.4. The van der Waals surface area contributed by atoms with E-state index in [1.165, 1.54) is 5.39 Å². The van der Waals surface area contributed by atoms with E-state index in [9.17, 15) is 0 Å². The van der Waals surface area contributed by atoms with E-state index in [4.69, 9.17) is 11.3 Å². The van der Waals surface area contributed by atoms with Crippen LogP contribution in [0.4, 0.5) is 0 Å². The molecule has 0 amide bonds. The van der Waals surface area contributed by atoms with Gasteiger partial charge in [-0.05, 0) is 113 Å². The molecule has 10 aromatic rings. The summed E-state index contributed by atoms with van der Waals surface area (Å²) in [5.41, 5.74) is 6.57. The molecule has 0 unspecified atom stereocenters. The predicted octanol–water partition coefficient (Wildman–Crippen LogP) is 13.2. The van der Waals surface area contributed by atoms with Gasteiger partial charge in [-0.15, -0.1) is 0 Å². The van der Waals surface area contributed by atoms with Crippen LogP contribution in [0.25, 0.3) is 98.4 Å². The van der Waals surface area contributed by atoms with Crippen molar-refractivity contribution in [1.29, 1.82) is 0 Å². The molecule has 0 spiro atoms. The Labute approximate surface area is 279 Å². The minimum atomic E-state index is -0.402. The number of rotatable bonds is 3. The molecule has 1 heterocycles. The summed E-state index contributed by atoms with van der Waals surface area (Å²) >= 11 is 0. The number of furan rings is 1. The van der Waals surface area contributed by atoms with Gasteiger partial charge in [0.15, 0.2) is 0 Å². The first kappa shape index (κ1) is 21.5. The van der Waals surface area contributed by atoms with Gasteiger partial charge in [-0.1, -0.05) is 133 Å². The molecular formula is C46H28O.